The van der Waals surface area contributed by atoms with Crippen LogP contribution >= 0.6 is 11.6 Å². The van der Waals surface area contributed by atoms with Crippen LogP contribution in [0.15, 0.2) is 41.3 Å². The highest BCUT2D eigenvalue weighted by atomic mass is 35.5. The molecular weight excluding hydrogens is 530 g/mol. The second-order valence-electron chi connectivity index (χ2n) is 6.93. The van der Waals surface area contributed by atoms with Gasteiger partial charge in [-0.1, -0.05) is 16.8 Å². The molecule has 0 aliphatic heterocycles. The average Bonchev–Trinajstić information content (AvgIpc) is 3.13. The van der Waals surface area contributed by atoms with Crippen LogP contribution in [0.2, 0.25) is 5.02 Å². The minimum absolute atomic E-state index is 0.0756. The van der Waals surface area contributed by atoms with Crippen molar-refractivity contribution >= 4 is 27.5 Å². The number of nitrogens with one attached hydrogen (secondary N) is 1. The lowest BCUT2D eigenvalue weighted by Crippen LogP contribution is -2.31. The lowest BCUT2D eigenvalue weighted by atomic mass is 10.1. The van der Waals surface area contributed by atoms with Gasteiger partial charge in [0.2, 0.25) is 0 Å². The van der Waals surface area contributed by atoms with Gasteiger partial charge in [-0.15, -0.1) is 5.10 Å². The summed E-state index contributed by atoms with van der Waals surface area (Å²) >= 11 is 5.88. The largest absolute Gasteiger partial charge is 0.497 e. The van der Waals surface area contributed by atoms with Crippen LogP contribution in [0.4, 0.5) is 26.3 Å². The van der Waals surface area contributed by atoms with Crippen molar-refractivity contribution in [2.45, 2.75) is 24.2 Å². The summed E-state index contributed by atoms with van der Waals surface area (Å²) < 4.78 is 111. The number of nitrogens with zero attached hydrogens (tertiary/aromatic N) is 3. The van der Waals surface area contributed by atoms with Gasteiger partial charge in [0, 0.05) is 6.07 Å². The molecule has 0 spiro atoms. The summed E-state index contributed by atoms with van der Waals surface area (Å²) in [5.41, 5.74) is -4.92. The third-order valence-electron chi connectivity index (χ3n) is 4.58. The van der Waals surface area contributed by atoms with E-state index >= 15 is 0 Å². The van der Waals surface area contributed by atoms with Crippen molar-refractivity contribution in [2.75, 3.05) is 7.11 Å². The summed E-state index contributed by atoms with van der Waals surface area (Å²) in [6, 6.07) is 4.28. The zero-order chi connectivity index (χ0) is 26.3. The SMILES string of the molecule is COc1ccc(Cl)c(S(=O)(=O)NC(=O)c2nnn(-c3cc(C(F)(F)F)cc(C(F)(F)F)c3)c2C)c1. The summed E-state index contributed by atoms with van der Waals surface area (Å²) in [4.78, 5) is 12.1. The maximum Gasteiger partial charge on any atom is 0.416 e. The first-order valence-corrected chi connectivity index (χ1v) is 11.0. The van der Waals surface area contributed by atoms with E-state index in [9.17, 15) is 39.6 Å². The van der Waals surface area contributed by atoms with Crippen LogP contribution in [0.5, 0.6) is 5.75 Å². The van der Waals surface area contributed by atoms with Crippen LogP contribution in [-0.4, -0.2) is 36.4 Å². The molecule has 1 amide bonds. The van der Waals surface area contributed by atoms with Crippen LogP contribution in [0.1, 0.15) is 27.3 Å². The van der Waals surface area contributed by atoms with Crippen molar-refractivity contribution < 1.29 is 44.3 Å². The Morgan fingerprint density at radius 3 is 2.11 bits per heavy atom. The molecule has 1 N–H and O–H groups in total. The van der Waals surface area contributed by atoms with Gasteiger partial charge in [0.15, 0.2) is 5.69 Å². The summed E-state index contributed by atoms with van der Waals surface area (Å²) in [5.74, 6) is -1.25. The number of carbonyl (C=O) groups excluding carboxylic acids is 1. The first kappa shape index (κ1) is 26.3. The number of ether oxygens (including phenoxy) is 1. The minimum atomic E-state index is -5.12. The Bertz CT molecular complexity index is 1370. The first-order valence-electron chi connectivity index (χ1n) is 9.17. The molecule has 16 heteroatoms. The highest BCUT2D eigenvalue weighted by Gasteiger charge is 2.37. The molecule has 0 bridgehead atoms. The Kier molecular flexibility index (Phi) is 6.78. The fraction of sp³-hybridized carbons (Fsp3) is 0.211. The predicted octanol–water partition coefficient (Wildman–Crippen LogP) is 4.39. The molecule has 3 aromatic rings. The second kappa shape index (κ2) is 9.03. The van der Waals surface area contributed by atoms with Crippen LogP contribution in [0.3, 0.4) is 0 Å². The molecule has 0 aliphatic carbocycles. The number of halogens is 7. The smallest absolute Gasteiger partial charge is 0.416 e. The lowest BCUT2D eigenvalue weighted by molar-refractivity contribution is -0.143. The van der Waals surface area contributed by atoms with Gasteiger partial charge in [-0.25, -0.2) is 17.8 Å². The van der Waals surface area contributed by atoms with Crippen molar-refractivity contribution in [2.24, 2.45) is 0 Å². The molecule has 0 aliphatic rings. The van der Waals surface area contributed by atoms with E-state index in [1.54, 1.807) is 4.72 Å². The Hall–Kier alpha value is -3.33. The van der Waals surface area contributed by atoms with Gasteiger partial charge in [-0.2, -0.15) is 26.3 Å². The number of hydrogen-bond acceptors (Lipinski definition) is 6. The topological polar surface area (TPSA) is 103 Å². The molecular formula is C19H13ClF6N4O4S. The molecule has 8 nitrogen and oxygen atoms in total. The normalized spacial score (nSPS) is 12.5. The molecule has 0 atom stereocenters. The van der Waals surface area contributed by atoms with Crippen molar-refractivity contribution in [1.82, 2.24) is 19.7 Å². The van der Waals surface area contributed by atoms with Crippen molar-refractivity contribution in [1.29, 1.82) is 0 Å². The number of aromatic nitrogens is 3. The lowest BCUT2D eigenvalue weighted by Gasteiger charge is -2.14. The fourth-order valence-electron chi connectivity index (χ4n) is 2.89. The standard InChI is InChI=1S/C19H13ClF6N4O4S/c1-9-16(17(31)28-35(32,33)15-8-13(34-2)3-4-14(15)20)27-29-30(9)12-6-10(18(21,22)23)5-11(7-12)19(24,25)26/h3-8H,1-2H3,(H,28,31). The van der Waals surface area contributed by atoms with Gasteiger partial charge >= 0.3 is 12.4 Å². The molecule has 188 valence electrons. The van der Waals surface area contributed by atoms with Crippen LogP contribution in [0, 0.1) is 6.92 Å². The summed E-state index contributed by atoms with van der Waals surface area (Å²) in [6.45, 7) is 1.10. The molecule has 0 unspecified atom stereocenters. The number of amides is 1. The summed E-state index contributed by atoms with van der Waals surface area (Å²) in [6.07, 6.45) is -10.2. The Balaban J connectivity index is 2.01. The van der Waals surface area contributed by atoms with Gasteiger partial charge in [0.25, 0.3) is 15.9 Å². The Morgan fingerprint density at radius 1 is 1.03 bits per heavy atom. The summed E-state index contributed by atoms with van der Waals surface area (Å²) in [5, 5.41) is 6.60. The number of benzene rings is 2. The van der Waals surface area contributed by atoms with Gasteiger partial charge in [-0.3, -0.25) is 4.79 Å². The van der Waals surface area contributed by atoms with Gasteiger partial charge in [0.1, 0.15) is 10.6 Å². The van der Waals surface area contributed by atoms with E-state index in [0.29, 0.717) is 16.8 Å². The van der Waals surface area contributed by atoms with E-state index in [4.69, 9.17) is 16.3 Å². The van der Waals surface area contributed by atoms with E-state index < -0.39 is 55.7 Å². The third kappa shape index (κ3) is 5.51. The maximum absolute atomic E-state index is 13.2. The maximum atomic E-state index is 13.2. The quantitative estimate of drug-likeness (QED) is 0.480. The van der Waals surface area contributed by atoms with Crippen molar-refractivity contribution in [3.8, 4) is 11.4 Å². The van der Waals surface area contributed by atoms with E-state index in [2.05, 4.69) is 10.3 Å². The van der Waals surface area contributed by atoms with Crippen LogP contribution in [-0.2, 0) is 22.4 Å². The number of methoxy groups -OCH3 is 1. The minimum Gasteiger partial charge on any atom is -0.497 e. The molecule has 1 aromatic heterocycles. The van der Waals surface area contributed by atoms with E-state index in [0.717, 1.165) is 13.0 Å². The molecule has 3 rings (SSSR count). The number of alkyl halides is 6. The first-order chi connectivity index (χ1) is 16.0. The van der Waals surface area contributed by atoms with Gasteiger partial charge < -0.3 is 4.74 Å². The Labute approximate surface area is 198 Å². The zero-order valence-corrected chi connectivity index (χ0v) is 19.1. The fourth-order valence-corrected chi connectivity index (χ4v) is 4.36. The third-order valence-corrected chi connectivity index (χ3v) is 6.39. The Morgan fingerprint density at radius 2 is 1.60 bits per heavy atom. The van der Waals surface area contributed by atoms with Gasteiger partial charge in [-0.05, 0) is 37.3 Å². The molecule has 2 aromatic carbocycles. The second-order valence-corrected chi connectivity index (χ2v) is 8.99. The van der Waals surface area contributed by atoms with Crippen molar-refractivity contribution in [3.05, 3.63) is 63.9 Å². The van der Waals surface area contributed by atoms with E-state index in [1.807, 2.05) is 0 Å². The number of rotatable bonds is 5. The van der Waals surface area contributed by atoms with Crippen LogP contribution < -0.4 is 9.46 Å². The highest BCUT2D eigenvalue weighted by molar-refractivity contribution is 7.90. The number of sulfonamides is 1. The molecule has 35 heavy (non-hydrogen) atoms. The average molecular weight is 543 g/mol. The van der Waals surface area contributed by atoms with E-state index in [1.165, 1.54) is 19.2 Å². The zero-order valence-electron chi connectivity index (χ0n) is 17.5. The molecule has 0 radical (unpaired) electrons. The molecule has 0 fully saturated rings. The molecule has 0 saturated heterocycles. The molecule has 0 saturated carbocycles. The monoisotopic (exact) mass is 542 g/mol. The number of carbonyl (C=O) groups is 1. The van der Waals surface area contributed by atoms with Crippen LogP contribution in [0.25, 0.3) is 5.69 Å². The van der Waals surface area contributed by atoms with Gasteiger partial charge in [0.05, 0.1) is 34.6 Å². The van der Waals surface area contributed by atoms with E-state index in [-0.39, 0.29) is 22.5 Å². The number of hydrogen-bond donors (Lipinski definition) is 1. The highest BCUT2D eigenvalue weighted by Crippen LogP contribution is 2.37. The van der Waals surface area contributed by atoms with Crippen molar-refractivity contribution in [3.63, 3.8) is 0 Å². The predicted molar refractivity (Wildman–Crippen MR) is 109 cm³/mol. The summed E-state index contributed by atoms with van der Waals surface area (Å²) in [7, 11) is -3.32. The molecule has 1 heterocycles.